The highest BCUT2D eigenvalue weighted by atomic mass is 16.6. The third-order valence-electron chi connectivity index (χ3n) is 4.11. The average molecular weight is 430 g/mol. The molecule has 0 aliphatic heterocycles. The van der Waals surface area contributed by atoms with Crippen molar-refractivity contribution in [2.75, 3.05) is 19.9 Å². The average Bonchev–Trinajstić information content (AvgIpc) is 2.61. The van der Waals surface area contributed by atoms with Crippen LogP contribution in [0.2, 0.25) is 0 Å². The molecule has 0 fully saturated rings. The second-order valence-electron chi connectivity index (χ2n) is 7.90. The zero-order valence-corrected chi connectivity index (χ0v) is 18.8. The van der Waals surface area contributed by atoms with Crippen LogP contribution < -0.4 is 16.0 Å². The third-order valence-corrected chi connectivity index (χ3v) is 4.11. The van der Waals surface area contributed by atoms with E-state index in [1.165, 1.54) is 6.92 Å². The van der Waals surface area contributed by atoms with E-state index >= 15 is 0 Å². The number of hydrogen-bond donors (Lipinski definition) is 3. The van der Waals surface area contributed by atoms with Crippen molar-refractivity contribution in [3.05, 3.63) is 0 Å². The number of carbonyl (C=O) groups is 5. The van der Waals surface area contributed by atoms with Crippen LogP contribution in [0, 0.1) is 11.3 Å². The minimum Gasteiger partial charge on any atom is -0.462 e. The maximum atomic E-state index is 12.4. The zero-order chi connectivity index (χ0) is 23.3. The molecule has 0 saturated carbocycles. The number of esters is 2. The fourth-order valence-electron chi connectivity index (χ4n) is 2.52. The molecule has 1 atom stereocenters. The van der Waals surface area contributed by atoms with Gasteiger partial charge in [0.15, 0.2) is 0 Å². The lowest BCUT2D eigenvalue weighted by molar-refractivity contribution is -0.160. The van der Waals surface area contributed by atoms with Gasteiger partial charge in [-0.15, -0.1) is 0 Å². The molecular formula is C20H35N3O7. The van der Waals surface area contributed by atoms with Crippen molar-refractivity contribution < 1.29 is 33.4 Å². The topological polar surface area (TPSA) is 140 Å². The summed E-state index contributed by atoms with van der Waals surface area (Å²) >= 11 is 0. The first-order valence-electron chi connectivity index (χ1n) is 10.0. The monoisotopic (exact) mass is 429 g/mol. The van der Waals surface area contributed by atoms with Gasteiger partial charge in [-0.05, 0) is 40.5 Å². The minimum absolute atomic E-state index is 0.0174. The van der Waals surface area contributed by atoms with Crippen molar-refractivity contribution in [3.8, 4) is 0 Å². The van der Waals surface area contributed by atoms with E-state index in [4.69, 9.17) is 9.47 Å². The van der Waals surface area contributed by atoms with Crippen LogP contribution in [0.15, 0.2) is 0 Å². The van der Waals surface area contributed by atoms with Gasteiger partial charge in [0, 0.05) is 18.9 Å². The van der Waals surface area contributed by atoms with Gasteiger partial charge < -0.3 is 25.4 Å². The summed E-state index contributed by atoms with van der Waals surface area (Å²) in [5.41, 5.74) is -0.886. The molecule has 0 spiro atoms. The van der Waals surface area contributed by atoms with E-state index in [0.29, 0.717) is 12.8 Å². The molecule has 0 saturated heterocycles. The van der Waals surface area contributed by atoms with Gasteiger partial charge in [0.05, 0.1) is 12.1 Å². The van der Waals surface area contributed by atoms with E-state index in [1.54, 1.807) is 13.8 Å². The summed E-state index contributed by atoms with van der Waals surface area (Å²) < 4.78 is 10.0. The zero-order valence-electron chi connectivity index (χ0n) is 18.8. The van der Waals surface area contributed by atoms with E-state index in [1.807, 2.05) is 20.8 Å². The lowest BCUT2D eigenvalue weighted by Gasteiger charge is -2.27. The van der Waals surface area contributed by atoms with Crippen molar-refractivity contribution in [2.45, 2.75) is 66.8 Å². The summed E-state index contributed by atoms with van der Waals surface area (Å²) in [7, 11) is 0. The lowest BCUT2D eigenvalue weighted by atomic mass is 9.81. The van der Waals surface area contributed by atoms with Gasteiger partial charge in [-0.2, -0.15) is 0 Å². The van der Waals surface area contributed by atoms with Crippen molar-refractivity contribution in [2.24, 2.45) is 11.3 Å². The Balaban J connectivity index is 4.29. The van der Waals surface area contributed by atoms with Crippen LogP contribution in [0.4, 0.5) is 0 Å². The number of hydrogen-bond acceptors (Lipinski definition) is 7. The molecular weight excluding hydrogens is 394 g/mol. The molecule has 0 heterocycles. The summed E-state index contributed by atoms with van der Waals surface area (Å²) in [6, 6.07) is 0.0174. The van der Waals surface area contributed by atoms with Crippen molar-refractivity contribution in [1.29, 1.82) is 0 Å². The van der Waals surface area contributed by atoms with Crippen molar-refractivity contribution in [1.82, 2.24) is 16.0 Å². The maximum Gasteiger partial charge on any atom is 0.315 e. The highest BCUT2D eigenvalue weighted by Crippen LogP contribution is 2.29. The molecule has 0 aliphatic rings. The number of amides is 3. The standard InChI is InChI=1S/C20H35N3O7/c1-7-15(18(27)23-13(2)3)11-20(5,6)19(28)30-9-8-29-17(26)10-16(25)22-12-21-14(4)24/h13,15H,7-12H2,1-6H3,(H,21,24)(H,22,25)(H,23,27). The summed E-state index contributed by atoms with van der Waals surface area (Å²) in [5, 5.41) is 7.54. The molecule has 0 radical (unpaired) electrons. The van der Waals surface area contributed by atoms with Gasteiger partial charge in [-0.1, -0.05) is 6.92 Å². The van der Waals surface area contributed by atoms with E-state index in [0.717, 1.165) is 0 Å². The van der Waals surface area contributed by atoms with Gasteiger partial charge >= 0.3 is 11.9 Å². The smallest absolute Gasteiger partial charge is 0.315 e. The van der Waals surface area contributed by atoms with E-state index in [2.05, 4.69) is 16.0 Å². The summed E-state index contributed by atoms with van der Waals surface area (Å²) in [6.07, 6.45) is 0.411. The largest absolute Gasteiger partial charge is 0.462 e. The molecule has 1 unspecified atom stereocenters. The normalized spacial score (nSPS) is 12.0. The predicted molar refractivity (Wildman–Crippen MR) is 109 cm³/mol. The Morgan fingerprint density at radius 1 is 0.967 bits per heavy atom. The van der Waals surface area contributed by atoms with Gasteiger partial charge in [0.2, 0.25) is 17.7 Å². The minimum atomic E-state index is -0.886. The first-order chi connectivity index (χ1) is 13.9. The molecule has 0 aromatic heterocycles. The number of rotatable bonds is 13. The molecule has 0 bridgehead atoms. The Labute approximate surface area is 177 Å². The lowest BCUT2D eigenvalue weighted by Crippen LogP contribution is -2.39. The Bertz CT molecular complexity index is 618. The van der Waals surface area contributed by atoms with Crippen LogP contribution in [0.1, 0.15) is 60.8 Å². The van der Waals surface area contributed by atoms with Crippen LogP contribution in [-0.4, -0.2) is 55.6 Å². The number of ether oxygens (including phenoxy) is 2. The Morgan fingerprint density at radius 3 is 2.10 bits per heavy atom. The highest BCUT2D eigenvalue weighted by molar-refractivity contribution is 5.94. The quantitative estimate of drug-likeness (QED) is 0.169. The number of nitrogens with one attached hydrogen (secondary N) is 3. The van der Waals surface area contributed by atoms with E-state index in [-0.39, 0.29) is 43.7 Å². The van der Waals surface area contributed by atoms with Gasteiger partial charge in [-0.3, -0.25) is 24.0 Å². The second kappa shape index (κ2) is 13.6. The molecule has 3 amide bonds. The van der Waals surface area contributed by atoms with Crippen LogP contribution >= 0.6 is 0 Å². The SMILES string of the molecule is CCC(CC(C)(C)C(=O)OCCOC(=O)CC(=O)NCNC(C)=O)C(=O)NC(C)C. The van der Waals surface area contributed by atoms with Crippen molar-refractivity contribution >= 4 is 29.7 Å². The molecule has 0 rings (SSSR count). The molecule has 3 N–H and O–H groups in total. The first-order valence-corrected chi connectivity index (χ1v) is 10.0. The maximum absolute atomic E-state index is 12.4. The summed E-state index contributed by atoms with van der Waals surface area (Å²) in [5.74, 6) is -2.60. The fourth-order valence-corrected chi connectivity index (χ4v) is 2.52. The van der Waals surface area contributed by atoms with E-state index in [9.17, 15) is 24.0 Å². The van der Waals surface area contributed by atoms with Gasteiger partial charge in [0.25, 0.3) is 0 Å². The van der Waals surface area contributed by atoms with E-state index < -0.39 is 29.7 Å². The summed E-state index contributed by atoms with van der Waals surface area (Å²) in [6.45, 7) is 9.90. The second-order valence-corrected chi connectivity index (χ2v) is 7.90. The van der Waals surface area contributed by atoms with Gasteiger partial charge in [0.1, 0.15) is 19.6 Å². The Hall–Kier alpha value is -2.65. The van der Waals surface area contributed by atoms with Crippen LogP contribution in [-0.2, 0) is 33.4 Å². The van der Waals surface area contributed by atoms with Crippen LogP contribution in [0.3, 0.4) is 0 Å². The summed E-state index contributed by atoms with van der Waals surface area (Å²) in [4.78, 5) is 58.3. The molecule has 0 aliphatic carbocycles. The van der Waals surface area contributed by atoms with Crippen molar-refractivity contribution in [3.63, 3.8) is 0 Å². The molecule has 0 aromatic rings. The van der Waals surface area contributed by atoms with Crippen LogP contribution in [0.25, 0.3) is 0 Å². The predicted octanol–water partition coefficient (Wildman–Crippen LogP) is 0.640. The molecule has 172 valence electrons. The Morgan fingerprint density at radius 2 is 1.57 bits per heavy atom. The number of carbonyl (C=O) groups excluding carboxylic acids is 5. The molecule has 10 nitrogen and oxygen atoms in total. The third kappa shape index (κ3) is 12.0. The molecule has 30 heavy (non-hydrogen) atoms. The van der Waals surface area contributed by atoms with Crippen LogP contribution in [0.5, 0.6) is 0 Å². The highest BCUT2D eigenvalue weighted by Gasteiger charge is 2.34. The molecule has 0 aromatic carbocycles. The Kier molecular flexibility index (Phi) is 12.4. The van der Waals surface area contributed by atoms with Gasteiger partial charge in [-0.25, -0.2) is 0 Å². The first kappa shape index (κ1) is 27.4. The fraction of sp³-hybridized carbons (Fsp3) is 0.750. The molecule has 10 heteroatoms.